The molecule has 2 aromatic rings. The maximum Gasteiger partial charge on any atom is 0.226 e. The van der Waals surface area contributed by atoms with E-state index in [9.17, 15) is 4.79 Å². The quantitative estimate of drug-likeness (QED) is 0.930. The maximum absolute atomic E-state index is 12.8. The first-order chi connectivity index (χ1) is 12.1. The molecule has 6 heteroatoms. The standard InChI is InChI=1S/C19H22N4O2/c1-4-25-14-7-5-13(6-8-14)18-17-15(9-11(2)10-16(17)24)21-19-20-12(3)22-23(18)19/h5-8,11,18H,4,9-10H2,1-3H3,(H,20,21,22)/t11-,18+/m0/s1. The zero-order valence-electron chi connectivity index (χ0n) is 14.7. The Hall–Kier alpha value is -2.63. The van der Waals surface area contributed by atoms with E-state index in [1.54, 1.807) is 0 Å². The van der Waals surface area contributed by atoms with E-state index in [0.29, 0.717) is 30.7 Å². The molecule has 0 saturated heterocycles. The van der Waals surface area contributed by atoms with Gasteiger partial charge in [-0.15, -0.1) is 0 Å². The Kier molecular flexibility index (Phi) is 3.82. The van der Waals surface area contributed by atoms with Crippen molar-refractivity contribution < 1.29 is 9.53 Å². The number of ether oxygens (including phenoxy) is 1. The molecular weight excluding hydrogens is 316 g/mol. The molecule has 0 fully saturated rings. The molecule has 1 aromatic heterocycles. The molecule has 2 aliphatic rings. The second kappa shape index (κ2) is 6.02. The molecule has 0 unspecified atom stereocenters. The fourth-order valence-corrected chi connectivity index (χ4v) is 3.73. The molecule has 1 N–H and O–H groups in total. The van der Waals surface area contributed by atoms with Crippen LogP contribution in [0.15, 0.2) is 35.5 Å². The van der Waals surface area contributed by atoms with Gasteiger partial charge in [-0.1, -0.05) is 19.1 Å². The molecule has 6 nitrogen and oxygen atoms in total. The lowest BCUT2D eigenvalue weighted by atomic mass is 9.81. The highest BCUT2D eigenvalue weighted by Gasteiger charge is 2.38. The summed E-state index contributed by atoms with van der Waals surface area (Å²) in [6, 6.07) is 7.68. The van der Waals surface area contributed by atoms with Gasteiger partial charge in [0.25, 0.3) is 0 Å². The minimum atomic E-state index is -0.233. The molecule has 4 rings (SSSR count). The summed E-state index contributed by atoms with van der Waals surface area (Å²) in [5.41, 5.74) is 2.83. The van der Waals surface area contributed by atoms with E-state index in [0.717, 1.165) is 29.0 Å². The van der Waals surface area contributed by atoms with Crippen molar-refractivity contribution in [3.8, 4) is 5.75 Å². The SMILES string of the molecule is CCOc1ccc([C@@H]2C3=C(C[C@H](C)CC3=O)Nc3nc(C)nn32)cc1. The van der Waals surface area contributed by atoms with E-state index < -0.39 is 0 Å². The van der Waals surface area contributed by atoms with Gasteiger partial charge in [0.05, 0.1) is 6.61 Å². The van der Waals surface area contributed by atoms with Crippen LogP contribution in [0.25, 0.3) is 0 Å². The molecule has 25 heavy (non-hydrogen) atoms. The minimum Gasteiger partial charge on any atom is -0.494 e. The van der Waals surface area contributed by atoms with Crippen LogP contribution in [-0.4, -0.2) is 27.2 Å². The molecule has 0 radical (unpaired) electrons. The van der Waals surface area contributed by atoms with Crippen LogP contribution in [-0.2, 0) is 4.79 Å². The molecular formula is C19H22N4O2. The summed E-state index contributed by atoms with van der Waals surface area (Å²) in [5, 5.41) is 7.87. The number of fused-ring (bicyclic) bond motifs is 1. The van der Waals surface area contributed by atoms with Gasteiger partial charge in [0.2, 0.25) is 5.95 Å². The van der Waals surface area contributed by atoms with Gasteiger partial charge in [-0.2, -0.15) is 10.1 Å². The van der Waals surface area contributed by atoms with Crippen molar-refractivity contribution in [2.45, 2.75) is 39.7 Å². The summed E-state index contributed by atoms with van der Waals surface area (Å²) >= 11 is 0. The highest BCUT2D eigenvalue weighted by molar-refractivity contribution is 5.99. The van der Waals surface area contributed by atoms with E-state index in [1.165, 1.54) is 0 Å². The number of anilines is 1. The lowest BCUT2D eigenvalue weighted by molar-refractivity contribution is -0.117. The summed E-state index contributed by atoms with van der Waals surface area (Å²) in [6.07, 6.45) is 1.44. The number of carbonyl (C=O) groups is 1. The second-order valence-corrected chi connectivity index (χ2v) is 6.79. The molecule has 1 aromatic carbocycles. The topological polar surface area (TPSA) is 69.0 Å². The predicted molar refractivity (Wildman–Crippen MR) is 94.6 cm³/mol. The van der Waals surface area contributed by atoms with Crippen molar-refractivity contribution in [3.05, 3.63) is 46.9 Å². The number of hydrogen-bond acceptors (Lipinski definition) is 5. The summed E-state index contributed by atoms with van der Waals surface area (Å²) in [5.74, 6) is 2.76. The van der Waals surface area contributed by atoms with E-state index in [2.05, 4.69) is 22.3 Å². The summed E-state index contributed by atoms with van der Waals surface area (Å²) in [4.78, 5) is 17.3. The number of allylic oxidation sites excluding steroid dienone is 2. The van der Waals surface area contributed by atoms with E-state index >= 15 is 0 Å². The molecule has 0 saturated carbocycles. The van der Waals surface area contributed by atoms with Crippen molar-refractivity contribution in [2.24, 2.45) is 5.92 Å². The number of nitrogens with zero attached hydrogens (tertiary/aromatic N) is 3. The largest absolute Gasteiger partial charge is 0.494 e. The maximum atomic E-state index is 12.8. The van der Waals surface area contributed by atoms with Crippen LogP contribution in [0, 0.1) is 12.8 Å². The van der Waals surface area contributed by atoms with Crippen molar-refractivity contribution in [3.63, 3.8) is 0 Å². The van der Waals surface area contributed by atoms with Gasteiger partial charge in [0.15, 0.2) is 5.78 Å². The number of Topliss-reactive ketones (excluding diaryl/α,β-unsaturated/α-hetero) is 1. The number of benzene rings is 1. The van der Waals surface area contributed by atoms with Crippen molar-refractivity contribution in [1.29, 1.82) is 0 Å². The summed E-state index contributed by atoms with van der Waals surface area (Å²) < 4.78 is 7.37. The third-order valence-corrected chi connectivity index (χ3v) is 4.74. The molecule has 1 aliphatic heterocycles. The molecule has 2 heterocycles. The minimum absolute atomic E-state index is 0.193. The van der Waals surface area contributed by atoms with E-state index in [4.69, 9.17) is 4.74 Å². The van der Waals surface area contributed by atoms with Crippen LogP contribution in [0.3, 0.4) is 0 Å². The first-order valence-electron chi connectivity index (χ1n) is 8.76. The van der Waals surface area contributed by atoms with Crippen LogP contribution in [0.4, 0.5) is 5.95 Å². The third-order valence-electron chi connectivity index (χ3n) is 4.74. The Morgan fingerprint density at radius 2 is 2.04 bits per heavy atom. The summed E-state index contributed by atoms with van der Waals surface area (Å²) in [7, 11) is 0. The lowest BCUT2D eigenvalue weighted by Crippen LogP contribution is -2.33. The number of rotatable bonds is 3. The van der Waals surface area contributed by atoms with Crippen LogP contribution in [0.2, 0.25) is 0 Å². The number of aromatic nitrogens is 3. The van der Waals surface area contributed by atoms with Gasteiger partial charge in [-0.25, -0.2) is 4.68 Å². The van der Waals surface area contributed by atoms with Gasteiger partial charge in [-0.05, 0) is 43.9 Å². The zero-order valence-corrected chi connectivity index (χ0v) is 14.7. The first-order valence-corrected chi connectivity index (χ1v) is 8.76. The van der Waals surface area contributed by atoms with Gasteiger partial charge in [0.1, 0.15) is 17.6 Å². The number of nitrogens with one attached hydrogen (secondary N) is 1. The Morgan fingerprint density at radius 1 is 1.28 bits per heavy atom. The van der Waals surface area contributed by atoms with Gasteiger partial charge >= 0.3 is 0 Å². The van der Waals surface area contributed by atoms with Gasteiger partial charge in [-0.3, -0.25) is 4.79 Å². The third kappa shape index (κ3) is 2.71. The van der Waals surface area contributed by atoms with Crippen LogP contribution in [0.5, 0.6) is 5.75 Å². The summed E-state index contributed by atoms with van der Waals surface area (Å²) in [6.45, 7) is 6.57. The average Bonchev–Trinajstić information content (AvgIpc) is 2.93. The van der Waals surface area contributed by atoms with Crippen LogP contribution in [0.1, 0.15) is 44.1 Å². The average molecular weight is 338 g/mol. The molecule has 130 valence electrons. The van der Waals surface area contributed by atoms with E-state index in [-0.39, 0.29) is 11.8 Å². The van der Waals surface area contributed by atoms with Crippen molar-refractivity contribution in [1.82, 2.24) is 14.8 Å². The monoisotopic (exact) mass is 338 g/mol. The Labute approximate surface area is 146 Å². The first kappa shape index (κ1) is 15.9. The van der Waals surface area contributed by atoms with Gasteiger partial charge in [0, 0.05) is 17.7 Å². The van der Waals surface area contributed by atoms with Crippen LogP contribution < -0.4 is 10.1 Å². The molecule has 0 amide bonds. The number of hydrogen-bond donors (Lipinski definition) is 1. The highest BCUT2D eigenvalue weighted by Crippen LogP contribution is 2.41. The lowest BCUT2D eigenvalue weighted by Gasteiger charge is -2.34. The molecule has 2 atom stereocenters. The van der Waals surface area contributed by atoms with Crippen molar-refractivity contribution >= 4 is 11.7 Å². The normalized spacial score (nSPS) is 22.3. The predicted octanol–water partition coefficient (Wildman–Crippen LogP) is 3.25. The number of ketones is 1. The van der Waals surface area contributed by atoms with Crippen molar-refractivity contribution in [2.75, 3.05) is 11.9 Å². The molecule has 0 bridgehead atoms. The Morgan fingerprint density at radius 3 is 2.76 bits per heavy atom. The number of aryl methyl sites for hydroxylation is 1. The van der Waals surface area contributed by atoms with Crippen LogP contribution >= 0.6 is 0 Å². The van der Waals surface area contributed by atoms with Gasteiger partial charge < -0.3 is 10.1 Å². The molecule has 0 spiro atoms. The Balaban J connectivity index is 1.83. The Bertz CT molecular complexity index is 851. The zero-order chi connectivity index (χ0) is 17.6. The fraction of sp³-hybridized carbons (Fsp3) is 0.421. The smallest absolute Gasteiger partial charge is 0.226 e. The van der Waals surface area contributed by atoms with E-state index in [1.807, 2.05) is 42.8 Å². The second-order valence-electron chi connectivity index (χ2n) is 6.79. The highest BCUT2D eigenvalue weighted by atomic mass is 16.5. The molecule has 1 aliphatic carbocycles. The fourth-order valence-electron chi connectivity index (χ4n) is 3.73. The number of carbonyl (C=O) groups excluding carboxylic acids is 1.